The number of nitrogens with zero attached hydrogens (tertiary/aromatic N) is 1. The van der Waals surface area contributed by atoms with Crippen molar-refractivity contribution in [1.82, 2.24) is 4.90 Å². The molecule has 0 saturated heterocycles. The molecule has 6 rings (SSSR count). The normalized spacial score (nSPS) is 15.3. The Labute approximate surface area is 244 Å². The third-order valence-corrected chi connectivity index (χ3v) is 8.32. The van der Waals surface area contributed by atoms with Crippen LogP contribution in [0.2, 0.25) is 5.02 Å². The van der Waals surface area contributed by atoms with Crippen molar-refractivity contribution in [3.05, 3.63) is 128 Å². The molecule has 4 aromatic rings. The molecular formula is C35H32ClN3O2. The number of carbonyl (C=O) groups is 2. The molecule has 206 valence electrons. The fourth-order valence-electron chi connectivity index (χ4n) is 6.01. The van der Waals surface area contributed by atoms with Crippen molar-refractivity contribution in [1.29, 1.82) is 0 Å². The Morgan fingerprint density at radius 2 is 1.59 bits per heavy atom. The SMILES string of the molecule is CN(C)C1C=c2ccccc2=c2ccc3c(c21)CCCC=3C(=O)c1ccc(NC(=O)CNc2ccccc2Cl)cc1. The highest BCUT2D eigenvalue weighted by atomic mass is 35.5. The van der Waals surface area contributed by atoms with Crippen LogP contribution in [0.25, 0.3) is 11.6 Å². The molecule has 0 bridgehead atoms. The van der Waals surface area contributed by atoms with Crippen LogP contribution in [0, 0.1) is 10.4 Å². The predicted molar refractivity (Wildman–Crippen MR) is 166 cm³/mol. The van der Waals surface area contributed by atoms with E-state index in [4.69, 9.17) is 11.6 Å². The molecule has 0 spiro atoms. The highest BCUT2D eigenvalue weighted by Gasteiger charge is 2.25. The van der Waals surface area contributed by atoms with E-state index in [1.54, 1.807) is 30.3 Å². The molecule has 0 heterocycles. The maximum absolute atomic E-state index is 13.8. The number of rotatable bonds is 7. The van der Waals surface area contributed by atoms with Crippen LogP contribution in [0.15, 0.2) is 84.9 Å². The maximum Gasteiger partial charge on any atom is 0.243 e. The van der Waals surface area contributed by atoms with Crippen LogP contribution in [0.3, 0.4) is 0 Å². The molecule has 41 heavy (non-hydrogen) atoms. The number of hydrogen-bond donors (Lipinski definition) is 2. The summed E-state index contributed by atoms with van der Waals surface area (Å²) in [6.07, 6.45) is 5.00. The summed E-state index contributed by atoms with van der Waals surface area (Å²) < 4.78 is 0. The van der Waals surface area contributed by atoms with Crippen LogP contribution in [0.5, 0.6) is 0 Å². The number of hydrogen-bond acceptors (Lipinski definition) is 4. The molecule has 4 aromatic carbocycles. The Kier molecular flexibility index (Phi) is 7.48. The molecule has 0 aromatic heterocycles. The van der Waals surface area contributed by atoms with Gasteiger partial charge in [0.15, 0.2) is 5.78 Å². The van der Waals surface area contributed by atoms with Crippen molar-refractivity contribution in [2.45, 2.75) is 25.3 Å². The highest BCUT2D eigenvalue weighted by molar-refractivity contribution is 6.33. The summed E-state index contributed by atoms with van der Waals surface area (Å²) in [5.74, 6) is -0.149. The van der Waals surface area contributed by atoms with Gasteiger partial charge in [-0.1, -0.05) is 66.2 Å². The summed E-state index contributed by atoms with van der Waals surface area (Å²) in [4.78, 5) is 28.5. The first-order valence-electron chi connectivity index (χ1n) is 14.0. The minimum absolute atomic E-state index is 0.0470. The van der Waals surface area contributed by atoms with Gasteiger partial charge in [0.05, 0.1) is 23.3 Å². The Balaban J connectivity index is 1.29. The number of fused-ring (bicyclic) bond motifs is 4. The molecule has 1 unspecified atom stereocenters. The standard InChI is InChI=1S/C35H32ClN3O2/c1-39(2)32-20-23-8-3-4-9-25(23)28-19-18-26-27(34(28)32)10-7-11-29(26)35(41)22-14-16-24(17-15-22)38-33(40)21-37-31-13-6-5-12-30(31)36/h3-6,8-9,12-20,32,37H,7,10-11,21H2,1-2H3,(H,38,40). The lowest BCUT2D eigenvalue weighted by Crippen LogP contribution is -2.31. The average molecular weight is 562 g/mol. The Morgan fingerprint density at radius 3 is 2.37 bits per heavy atom. The third kappa shape index (κ3) is 5.31. The first-order chi connectivity index (χ1) is 19.9. The highest BCUT2D eigenvalue weighted by Crippen LogP contribution is 2.30. The molecule has 0 saturated carbocycles. The van der Waals surface area contributed by atoms with Crippen molar-refractivity contribution in [3.8, 4) is 0 Å². The number of Topliss-reactive ketones (excluding diaryl/α,β-unsaturated/α-hetero) is 1. The first kappa shape index (κ1) is 27.0. The Hall–Kier alpha value is -4.19. The molecule has 0 aliphatic heterocycles. The largest absolute Gasteiger partial charge is 0.375 e. The summed E-state index contributed by atoms with van der Waals surface area (Å²) in [6, 6.07) is 27.5. The van der Waals surface area contributed by atoms with Gasteiger partial charge < -0.3 is 10.6 Å². The summed E-state index contributed by atoms with van der Waals surface area (Å²) in [5.41, 5.74) is 5.44. The zero-order valence-electron chi connectivity index (χ0n) is 23.2. The second kappa shape index (κ2) is 11.4. The number of halogens is 1. The van der Waals surface area contributed by atoms with Crippen molar-refractivity contribution < 1.29 is 9.59 Å². The number of nitrogens with one attached hydrogen (secondary N) is 2. The van der Waals surface area contributed by atoms with Crippen LogP contribution >= 0.6 is 11.6 Å². The van der Waals surface area contributed by atoms with E-state index in [-0.39, 0.29) is 24.3 Å². The van der Waals surface area contributed by atoms with E-state index in [1.165, 1.54) is 26.8 Å². The van der Waals surface area contributed by atoms with Crippen LogP contribution in [0.4, 0.5) is 11.4 Å². The van der Waals surface area contributed by atoms with Crippen molar-refractivity contribution in [2.24, 2.45) is 0 Å². The number of anilines is 2. The lowest BCUT2D eigenvalue weighted by molar-refractivity contribution is -0.114. The number of ketones is 1. The molecule has 5 nitrogen and oxygen atoms in total. The van der Waals surface area contributed by atoms with Crippen molar-refractivity contribution >= 4 is 46.3 Å². The van der Waals surface area contributed by atoms with Gasteiger partial charge in [-0.3, -0.25) is 14.5 Å². The van der Waals surface area contributed by atoms with Crippen LogP contribution in [0.1, 0.15) is 40.4 Å². The fourth-order valence-corrected chi connectivity index (χ4v) is 6.22. The van der Waals surface area contributed by atoms with Gasteiger partial charge >= 0.3 is 0 Å². The van der Waals surface area contributed by atoms with E-state index in [0.717, 1.165) is 30.1 Å². The molecule has 0 radical (unpaired) electrons. The molecule has 6 heteroatoms. The van der Waals surface area contributed by atoms with Gasteiger partial charge in [-0.05, 0) is 102 Å². The van der Waals surface area contributed by atoms with E-state index >= 15 is 0 Å². The van der Waals surface area contributed by atoms with E-state index in [2.05, 4.69) is 72.1 Å². The third-order valence-electron chi connectivity index (χ3n) is 7.99. The second-order valence-corrected chi connectivity index (χ2v) is 11.2. The summed E-state index contributed by atoms with van der Waals surface area (Å²) in [6.45, 7) is 0.0826. The lowest BCUT2D eigenvalue weighted by Gasteiger charge is -2.29. The molecule has 2 aliphatic rings. The van der Waals surface area contributed by atoms with E-state index in [1.807, 2.05) is 18.2 Å². The Morgan fingerprint density at radius 1 is 0.854 bits per heavy atom. The first-order valence-corrected chi connectivity index (χ1v) is 14.3. The molecule has 1 atom stereocenters. The lowest BCUT2D eigenvalue weighted by atomic mass is 9.82. The van der Waals surface area contributed by atoms with Gasteiger partial charge in [0.2, 0.25) is 5.91 Å². The molecule has 2 aliphatic carbocycles. The maximum atomic E-state index is 13.8. The molecule has 2 N–H and O–H groups in total. The molecule has 0 fully saturated rings. The Bertz CT molecular complexity index is 1880. The van der Waals surface area contributed by atoms with Crippen LogP contribution in [-0.2, 0) is 11.2 Å². The predicted octanol–water partition coefficient (Wildman–Crippen LogP) is 5.44. The number of amides is 1. The van der Waals surface area contributed by atoms with Gasteiger partial charge in [0, 0.05) is 16.8 Å². The zero-order valence-corrected chi connectivity index (χ0v) is 24.0. The van der Waals surface area contributed by atoms with Crippen LogP contribution in [-0.4, -0.2) is 37.2 Å². The zero-order chi connectivity index (χ0) is 28.5. The average Bonchev–Trinajstić information content (AvgIpc) is 2.99. The minimum atomic E-state index is -0.196. The topological polar surface area (TPSA) is 61.4 Å². The second-order valence-electron chi connectivity index (χ2n) is 10.8. The van der Waals surface area contributed by atoms with Crippen LogP contribution < -0.4 is 21.1 Å². The van der Waals surface area contributed by atoms with Gasteiger partial charge in [-0.25, -0.2) is 0 Å². The summed E-state index contributed by atoms with van der Waals surface area (Å²) >= 11 is 6.15. The number of benzene rings is 4. The fraction of sp³-hybridized carbons (Fsp3) is 0.200. The monoisotopic (exact) mass is 561 g/mol. The smallest absolute Gasteiger partial charge is 0.243 e. The number of para-hydroxylation sites is 1. The van der Waals surface area contributed by atoms with Gasteiger partial charge in [-0.15, -0.1) is 0 Å². The van der Waals surface area contributed by atoms with E-state index < -0.39 is 0 Å². The van der Waals surface area contributed by atoms with Gasteiger partial charge in [-0.2, -0.15) is 0 Å². The van der Waals surface area contributed by atoms with E-state index in [9.17, 15) is 9.59 Å². The molecule has 1 amide bonds. The summed E-state index contributed by atoms with van der Waals surface area (Å²) in [7, 11) is 4.23. The van der Waals surface area contributed by atoms with E-state index in [0.29, 0.717) is 22.0 Å². The number of carbonyl (C=O) groups excluding carboxylic acids is 2. The minimum Gasteiger partial charge on any atom is -0.375 e. The van der Waals surface area contributed by atoms with Crippen molar-refractivity contribution in [2.75, 3.05) is 31.3 Å². The van der Waals surface area contributed by atoms with Gasteiger partial charge in [0.1, 0.15) is 0 Å². The molecular weight excluding hydrogens is 530 g/mol. The summed E-state index contributed by atoms with van der Waals surface area (Å²) in [5, 5.41) is 11.3. The quantitative estimate of drug-likeness (QED) is 0.295. The van der Waals surface area contributed by atoms with Gasteiger partial charge in [0.25, 0.3) is 0 Å². The van der Waals surface area contributed by atoms with Crippen molar-refractivity contribution in [3.63, 3.8) is 0 Å².